The summed E-state index contributed by atoms with van der Waals surface area (Å²) in [4.78, 5) is 30.7. The summed E-state index contributed by atoms with van der Waals surface area (Å²) in [6.07, 6.45) is 0.405. The van der Waals surface area contributed by atoms with Gasteiger partial charge in [0, 0.05) is 6.20 Å². The Hall–Kier alpha value is -4.11. The lowest BCUT2D eigenvalue weighted by Gasteiger charge is -2.29. The van der Waals surface area contributed by atoms with Crippen LogP contribution in [0.3, 0.4) is 0 Å². The Kier molecular flexibility index (Phi) is 4.45. The maximum Gasteiger partial charge on any atom is 0.409 e. The molecule has 0 saturated carbocycles. The highest BCUT2D eigenvalue weighted by atomic mass is 32.1. The van der Waals surface area contributed by atoms with Crippen molar-refractivity contribution in [1.29, 1.82) is 0 Å². The highest BCUT2D eigenvalue weighted by molar-refractivity contribution is 7.23. The smallest absolute Gasteiger partial charge is 0.409 e. The van der Waals surface area contributed by atoms with Gasteiger partial charge in [0.25, 0.3) is 0 Å². The van der Waals surface area contributed by atoms with E-state index in [-0.39, 0.29) is 6.03 Å². The van der Waals surface area contributed by atoms with Gasteiger partial charge in [-0.2, -0.15) is 0 Å². The lowest BCUT2D eigenvalue weighted by atomic mass is 10.1. The van der Waals surface area contributed by atoms with Gasteiger partial charge in [0.05, 0.1) is 22.4 Å². The molecule has 8 nitrogen and oxygen atoms in total. The lowest BCUT2D eigenvalue weighted by molar-refractivity contribution is 0.210. The van der Waals surface area contributed by atoms with Crippen LogP contribution < -0.4 is 20.3 Å². The van der Waals surface area contributed by atoms with Gasteiger partial charge in [0.2, 0.25) is 0 Å². The van der Waals surface area contributed by atoms with Crippen molar-refractivity contribution < 1.29 is 19.4 Å². The molecule has 0 bridgehead atoms. The van der Waals surface area contributed by atoms with Crippen LogP contribution in [-0.4, -0.2) is 22.2 Å². The molecule has 0 spiro atoms. The average molecular weight is 432 g/mol. The normalized spacial score (nSPS) is 12.5. The number of hydrogen-bond donors (Lipinski definition) is 3. The number of aryl methyl sites for hydroxylation is 1. The third-order valence-electron chi connectivity index (χ3n) is 4.85. The number of nitrogens with one attached hydrogen (secondary N) is 2. The third-order valence-corrected chi connectivity index (χ3v) is 5.87. The minimum Gasteiger partial charge on any atom is -0.465 e. The summed E-state index contributed by atoms with van der Waals surface area (Å²) >= 11 is 1.17. The van der Waals surface area contributed by atoms with Crippen LogP contribution in [0.1, 0.15) is 5.56 Å². The van der Waals surface area contributed by atoms with Gasteiger partial charge in [0.15, 0.2) is 0 Å². The van der Waals surface area contributed by atoms with Crippen LogP contribution >= 0.6 is 11.3 Å². The SMILES string of the molecule is Cc1cc(Oc2ccccc2)ccc1N1C(=O)Nc2c(NC(=O)O)sc3nccc1c23. The maximum atomic E-state index is 13.1. The van der Waals surface area contributed by atoms with E-state index in [1.807, 2.05) is 55.5 Å². The number of carbonyl (C=O) groups excluding carboxylic acids is 1. The van der Waals surface area contributed by atoms with Crippen molar-refractivity contribution in [3.63, 3.8) is 0 Å². The van der Waals surface area contributed by atoms with Gasteiger partial charge in [0.1, 0.15) is 21.3 Å². The summed E-state index contributed by atoms with van der Waals surface area (Å²) in [6.45, 7) is 1.90. The number of carboxylic acid groups (broad SMARTS) is 1. The number of anilines is 4. The average Bonchev–Trinajstić information content (AvgIpc) is 3.07. The van der Waals surface area contributed by atoms with Gasteiger partial charge in [-0.15, -0.1) is 0 Å². The summed E-state index contributed by atoms with van der Waals surface area (Å²) in [6, 6.07) is 16.3. The van der Waals surface area contributed by atoms with Crippen molar-refractivity contribution in [2.45, 2.75) is 6.92 Å². The van der Waals surface area contributed by atoms with E-state index < -0.39 is 6.09 Å². The van der Waals surface area contributed by atoms with Gasteiger partial charge >= 0.3 is 12.1 Å². The molecule has 31 heavy (non-hydrogen) atoms. The lowest BCUT2D eigenvalue weighted by Crippen LogP contribution is -2.34. The first-order chi connectivity index (χ1) is 15.0. The molecule has 3 N–H and O–H groups in total. The molecular formula is C22H16N4O4S. The predicted octanol–water partition coefficient (Wildman–Crippen LogP) is 6.17. The number of para-hydroxylation sites is 1. The molecule has 0 fully saturated rings. The summed E-state index contributed by atoms with van der Waals surface area (Å²) in [5.74, 6) is 1.39. The fourth-order valence-corrected chi connectivity index (χ4v) is 4.58. The van der Waals surface area contributed by atoms with Crippen LogP contribution in [0.2, 0.25) is 0 Å². The number of nitrogens with zero attached hydrogens (tertiary/aromatic N) is 2. The Bertz CT molecular complexity index is 1340. The van der Waals surface area contributed by atoms with Gasteiger partial charge in [-0.1, -0.05) is 29.5 Å². The Morgan fingerprint density at radius 3 is 2.68 bits per heavy atom. The molecule has 5 rings (SSSR count). The first kappa shape index (κ1) is 18.9. The second kappa shape index (κ2) is 7.29. The zero-order chi connectivity index (χ0) is 21.5. The van der Waals surface area contributed by atoms with Crippen LogP contribution in [0.25, 0.3) is 10.2 Å². The quantitative estimate of drug-likeness (QED) is 0.358. The van der Waals surface area contributed by atoms with E-state index in [2.05, 4.69) is 15.6 Å². The highest BCUT2D eigenvalue weighted by Crippen LogP contribution is 2.48. The number of urea groups is 1. The Morgan fingerprint density at radius 2 is 1.94 bits per heavy atom. The van der Waals surface area contributed by atoms with Gasteiger partial charge in [-0.05, 0) is 48.9 Å². The highest BCUT2D eigenvalue weighted by Gasteiger charge is 2.32. The minimum atomic E-state index is -1.20. The van der Waals surface area contributed by atoms with Crippen LogP contribution in [0.15, 0.2) is 60.8 Å². The van der Waals surface area contributed by atoms with Gasteiger partial charge in [-0.3, -0.25) is 10.2 Å². The number of rotatable bonds is 4. The van der Waals surface area contributed by atoms with Crippen molar-refractivity contribution >= 4 is 55.7 Å². The van der Waals surface area contributed by atoms with Crippen molar-refractivity contribution in [2.75, 3.05) is 15.5 Å². The predicted molar refractivity (Wildman–Crippen MR) is 120 cm³/mol. The number of pyridine rings is 1. The summed E-state index contributed by atoms with van der Waals surface area (Å²) in [7, 11) is 0. The van der Waals surface area contributed by atoms with E-state index in [4.69, 9.17) is 9.84 Å². The van der Waals surface area contributed by atoms with Crippen molar-refractivity contribution in [3.05, 3.63) is 66.4 Å². The third kappa shape index (κ3) is 3.30. The number of aromatic nitrogens is 1. The summed E-state index contributed by atoms with van der Waals surface area (Å²) in [5, 5.41) is 15.3. The second-order valence-electron chi connectivity index (χ2n) is 6.88. The molecule has 3 heterocycles. The Balaban J connectivity index is 1.56. The summed E-state index contributed by atoms with van der Waals surface area (Å²) in [5.41, 5.74) is 2.60. The zero-order valence-electron chi connectivity index (χ0n) is 16.2. The molecule has 3 amide bonds. The van der Waals surface area contributed by atoms with E-state index in [9.17, 15) is 9.59 Å². The number of ether oxygens (including phenoxy) is 1. The van der Waals surface area contributed by atoms with Crippen molar-refractivity contribution in [2.24, 2.45) is 0 Å². The zero-order valence-corrected chi connectivity index (χ0v) is 17.1. The largest absolute Gasteiger partial charge is 0.465 e. The minimum absolute atomic E-state index is 0.332. The second-order valence-corrected chi connectivity index (χ2v) is 7.87. The molecule has 4 aromatic rings. The standard InChI is InChI=1S/C22H16N4O4S/c1-12-11-14(30-13-5-3-2-4-6-13)7-8-15(12)26-16-9-10-23-19-17(16)18(24-21(26)27)20(31-19)25-22(28)29/h2-11,25H,1H3,(H,24,27)(H,28,29). The van der Waals surface area contributed by atoms with Gasteiger partial charge in [-0.25, -0.2) is 14.6 Å². The van der Waals surface area contributed by atoms with Crippen LogP contribution in [-0.2, 0) is 0 Å². The fraction of sp³-hybridized carbons (Fsp3) is 0.0455. The number of hydrogen-bond acceptors (Lipinski definition) is 5. The monoisotopic (exact) mass is 432 g/mol. The molecule has 154 valence electrons. The molecule has 0 atom stereocenters. The molecule has 0 radical (unpaired) electrons. The topological polar surface area (TPSA) is 104 Å². The van der Waals surface area contributed by atoms with E-state index in [1.165, 1.54) is 11.3 Å². The molecule has 0 aliphatic carbocycles. The van der Waals surface area contributed by atoms with E-state index in [1.54, 1.807) is 17.2 Å². The number of thiophene rings is 1. The van der Waals surface area contributed by atoms with E-state index in [0.29, 0.717) is 38.0 Å². The van der Waals surface area contributed by atoms with Crippen LogP contribution in [0.4, 0.5) is 31.7 Å². The first-order valence-electron chi connectivity index (χ1n) is 9.37. The molecule has 0 saturated heterocycles. The number of carbonyl (C=O) groups is 2. The van der Waals surface area contributed by atoms with Crippen LogP contribution in [0.5, 0.6) is 11.5 Å². The molecule has 1 aliphatic heterocycles. The van der Waals surface area contributed by atoms with Gasteiger partial charge < -0.3 is 15.2 Å². The number of benzene rings is 2. The molecule has 2 aromatic carbocycles. The molecular weight excluding hydrogens is 416 g/mol. The fourth-order valence-electron chi connectivity index (χ4n) is 3.58. The Morgan fingerprint density at radius 1 is 1.13 bits per heavy atom. The first-order valence-corrected chi connectivity index (χ1v) is 10.2. The molecule has 9 heteroatoms. The van der Waals surface area contributed by atoms with Crippen molar-refractivity contribution in [3.8, 4) is 11.5 Å². The maximum absolute atomic E-state index is 13.1. The van der Waals surface area contributed by atoms with Crippen molar-refractivity contribution in [1.82, 2.24) is 4.98 Å². The molecule has 2 aromatic heterocycles. The Labute approximate surface area is 180 Å². The van der Waals surface area contributed by atoms with Crippen LogP contribution in [0, 0.1) is 6.92 Å². The summed E-state index contributed by atoms with van der Waals surface area (Å²) < 4.78 is 5.89. The van der Waals surface area contributed by atoms with E-state index in [0.717, 1.165) is 11.3 Å². The van der Waals surface area contributed by atoms with E-state index >= 15 is 0 Å². The molecule has 1 aliphatic rings. The number of amides is 3. The molecule has 0 unspecified atom stereocenters.